The average Bonchev–Trinajstić information content (AvgIpc) is 3.54. The third kappa shape index (κ3) is 4.88. The Morgan fingerprint density at radius 1 is 0.972 bits per heavy atom. The Hall–Kier alpha value is -3.58. The molecule has 36 heavy (non-hydrogen) atoms. The third-order valence-electron chi connectivity index (χ3n) is 6.87. The largest absolute Gasteiger partial charge is 0.497 e. The van der Waals surface area contributed by atoms with E-state index in [1.54, 1.807) is 25.6 Å². The first-order valence-corrected chi connectivity index (χ1v) is 13.2. The zero-order chi connectivity index (χ0) is 25.1. The Balaban J connectivity index is 1.54. The molecule has 1 N–H and O–H groups in total. The van der Waals surface area contributed by atoms with Gasteiger partial charge in [-0.05, 0) is 74.4 Å². The number of ether oxygens (including phenoxy) is 2. The molecule has 0 aliphatic heterocycles. The molecule has 5 rings (SSSR count). The fourth-order valence-electron chi connectivity index (χ4n) is 4.86. The highest BCUT2D eigenvalue weighted by molar-refractivity contribution is 7.13. The Kier molecular flexibility index (Phi) is 7.09. The molecule has 1 fully saturated rings. The lowest BCUT2D eigenvalue weighted by Crippen LogP contribution is -2.36. The minimum absolute atomic E-state index is 0.0153. The number of hydrogen-bond donors (Lipinski definition) is 1. The summed E-state index contributed by atoms with van der Waals surface area (Å²) in [6.45, 7) is 2.00. The van der Waals surface area contributed by atoms with Crippen LogP contribution in [-0.4, -0.2) is 35.7 Å². The van der Waals surface area contributed by atoms with Gasteiger partial charge in [0.25, 0.3) is 5.91 Å². The standard InChI is InChI=1S/C29H31N3O3S/c1-19-25(28(33)30-21-7-5-4-6-8-21)17-27(32(19)22-11-15-24(35-3)16-12-22)26-18-36-29(31-26)20-9-13-23(34-2)14-10-20/h9-18,21H,4-8H2,1-3H3,(H,30,33). The van der Waals surface area contributed by atoms with E-state index in [9.17, 15) is 4.79 Å². The van der Waals surface area contributed by atoms with Gasteiger partial charge in [0.2, 0.25) is 0 Å². The summed E-state index contributed by atoms with van der Waals surface area (Å²) in [5, 5.41) is 6.25. The van der Waals surface area contributed by atoms with Crippen LogP contribution in [0, 0.1) is 6.92 Å². The Bertz CT molecular complexity index is 1330. The molecular formula is C29H31N3O3S. The number of methoxy groups -OCH3 is 2. The quantitative estimate of drug-likeness (QED) is 0.308. The van der Waals surface area contributed by atoms with Crippen LogP contribution in [0.3, 0.4) is 0 Å². The number of aromatic nitrogens is 2. The first kappa shape index (κ1) is 24.1. The minimum atomic E-state index is -0.0153. The van der Waals surface area contributed by atoms with E-state index in [0.717, 1.165) is 57.7 Å². The van der Waals surface area contributed by atoms with E-state index >= 15 is 0 Å². The molecule has 2 aromatic carbocycles. The van der Waals surface area contributed by atoms with Crippen molar-refractivity contribution in [2.45, 2.75) is 45.1 Å². The van der Waals surface area contributed by atoms with Gasteiger partial charge in [-0.2, -0.15) is 0 Å². The number of nitrogens with zero attached hydrogens (tertiary/aromatic N) is 2. The second kappa shape index (κ2) is 10.6. The van der Waals surface area contributed by atoms with Gasteiger partial charge in [0, 0.05) is 28.4 Å². The molecule has 186 valence electrons. The number of thiazole rings is 1. The summed E-state index contributed by atoms with van der Waals surface area (Å²) in [7, 11) is 3.32. The summed E-state index contributed by atoms with van der Waals surface area (Å²) in [6, 6.07) is 18.0. The van der Waals surface area contributed by atoms with Gasteiger partial charge >= 0.3 is 0 Å². The van der Waals surface area contributed by atoms with E-state index in [2.05, 4.69) is 15.3 Å². The van der Waals surface area contributed by atoms with Crippen molar-refractivity contribution in [3.8, 4) is 39.1 Å². The van der Waals surface area contributed by atoms with E-state index in [0.29, 0.717) is 5.56 Å². The van der Waals surface area contributed by atoms with Crippen LogP contribution in [-0.2, 0) is 0 Å². The molecule has 7 heteroatoms. The summed E-state index contributed by atoms with van der Waals surface area (Å²) in [5.41, 5.74) is 5.29. The molecule has 1 aliphatic carbocycles. The molecule has 1 saturated carbocycles. The molecular weight excluding hydrogens is 470 g/mol. The fourth-order valence-corrected chi connectivity index (χ4v) is 5.68. The number of carbonyl (C=O) groups excluding carboxylic acids is 1. The second-order valence-electron chi connectivity index (χ2n) is 9.14. The molecule has 2 heterocycles. The van der Waals surface area contributed by atoms with Crippen molar-refractivity contribution in [2.24, 2.45) is 0 Å². The summed E-state index contributed by atoms with van der Waals surface area (Å²) >= 11 is 1.59. The van der Waals surface area contributed by atoms with Crippen molar-refractivity contribution in [2.75, 3.05) is 14.2 Å². The zero-order valence-electron chi connectivity index (χ0n) is 20.9. The number of carbonyl (C=O) groups is 1. The fraction of sp³-hybridized carbons (Fsp3) is 0.310. The minimum Gasteiger partial charge on any atom is -0.497 e. The lowest BCUT2D eigenvalue weighted by Gasteiger charge is -2.22. The van der Waals surface area contributed by atoms with Gasteiger partial charge in [0.1, 0.15) is 16.5 Å². The van der Waals surface area contributed by atoms with E-state index in [1.165, 1.54) is 19.3 Å². The molecule has 1 aliphatic rings. The van der Waals surface area contributed by atoms with E-state index in [-0.39, 0.29) is 11.9 Å². The number of hydrogen-bond acceptors (Lipinski definition) is 5. The van der Waals surface area contributed by atoms with Crippen molar-refractivity contribution >= 4 is 17.2 Å². The predicted octanol–water partition coefficient (Wildman–Crippen LogP) is 6.66. The van der Waals surface area contributed by atoms with Crippen molar-refractivity contribution < 1.29 is 14.3 Å². The maximum absolute atomic E-state index is 13.4. The van der Waals surface area contributed by atoms with E-state index in [1.807, 2.05) is 61.5 Å². The third-order valence-corrected chi connectivity index (χ3v) is 7.76. The van der Waals surface area contributed by atoms with Crippen LogP contribution in [0.2, 0.25) is 0 Å². The Labute approximate surface area is 215 Å². The summed E-state index contributed by atoms with van der Waals surface area (Å²) in [6.07, 6.45) is 5.70. The molecule has 0 unspecified atom stereocenters. The van der Waals surface area contributed by atoms with E-state index in [4.69, 9.17) is 14.5 Å². The van der Waals surface area contributed by atoms with Gasteiger partial charge in [-0.3, -0.25) is 4.79 Å². The van der Waals surface area contributed by atoms with Crippen LogP contribution >= 0.6 is 11.3 Å². The maximum Gasteiger partial charge on any atom is 0.253 e. The van der Waals surface area contributed by atoms with Gasteiger partial charge in [0.15, 0.2) is 0 Å². The smallest absolute Gasteiger partial charge is 0.253 e. The molecule has 1 amide bonds. The molecule has 0 radical (unpaired) electrons. The molecule has 4 aromatic rings. The first-order chi connectivity index (χ1) is 17.6. The predicted molar refractivity (Wildman–Crippen MR) is 144 cm³/mol. The molecule has 0 bridgehead atoms. The van der Waals surface area contributed by atoms with Crippen LogP contribution in [0.1, 0.15) is 48.2 Å². The normalized spacial score (nSPS) is 14.0. The van der Waals surface area contributed by atoms with Crippen LogP contribution in [0.25, 0.3) is 27.6 Å². The number of rotatable bonds is 7. The highest BCUT2D eigenvalue weighted by Gasteiger charge is 2.24. The second-order valence-corrected chi connectivity index (χ2v) is 9.99. The molecule has 0 atom stereocenters. The average molecular weight is 502 g/mol. The molecule has 0 spiro atoms. The lowest BCUT2D eigenvalue weighted by molar-refractivity contribution is 0.0927. The molecule has 0 saturated heterocycles. The Morgan fingerprint density at radius 3 is 2.25 bits per heavy atom. The first-order valence-electron chi connectivity index (χ1n) is 12.4. The maximum atomic E-state index is 13.4. The van der Waals surface area contributed by atoms with Crippen LogP contribution < -0.4 is 14.8 Å². The monoisotopic (exact) mass is 501 g/mol. The van der Waals surface area contributed by atoms with Gasteiger partial charge in [-0.15, -0.1) is 11.3 Å². The lowest BCUT2D eigenvalue weighted by atomic mass is 9.95. The van der Waals surface area contributed by atoms with Crippen molar-refractivity contribution in [3.05, 3.63) is 71.2 Å². The van der Waals surface area contributed by atoms with Crippen molar-refractivity contribution in [1.29, 1.82) is 0 Å². The molecule has 6 nitrogen and oxygen atoms in total. The highest BCUT2D eigenvalue weighted by atomic mass is 32.1. The van der Waals surface area contributed by atoms with Crippen LogP contribution in [0.15, 0.2) is 60.0 Å². The van der Waals surface area contributed by atoms with Gasteiger partial charge in [-0.25, -0.2) is 4.98 Å². The van der Waals surface area contributed by atoms with Crippen LogP contribution in [0.5, 0.6) is 11.5 Å². The summed E-state index contributed by atoms with van der Waals surface area (Å²) in [4.78, 5) is 18.3. The van der Waals surface area contributed by atoms with Gasteiger partial charge < -0.3 is 19.4 Å². The van der Waals surface area contributed by atoms with Crippen molar-refractivity contribution in [3.63, 3.8) is 0 Å². The van der Waals surface area contributed by atoms with Gasteiger partial charge in [-0.1, -0.05) is 19.3 Å². The number of nitrogens with one attached hydrogen (secondary N) is 1. The number of benzene rings is 2. The highest BCUT2D eigenvalue weighted by Crippen LogP contribution is 2.34. The van der Waals surface area contributed by atoms with E-state index < -0.39 is 0 Å². The van der Waals surface area contributed by atoms with Crippen LogP contribution in [0.4, 0.5) is 0 Å². The summed E-state index contributed by atoms with van der Waals surface area (Å²) in [5.74, 6) is 1.59. The number of amides is 1. The Morgan fingerprint density at radius 2 is 1.61 bits per heavy atom. The molecule has 2 aromatic heterocycles. The SMILES string of the molecule is COc1ccc(-c2nc(-c3cc(C(=O)NC4CCCCC4)c(C)n3-c3ccc(OC)cc3)cs2)cc1. The summed E-state index contributed by atoms with van der Waals surface area (Å²) < 4.78 is 12.8. The van der Waals surface area contributed by atoms with Crippen molar-refractivity contribution in [1.82, 2.24) is 14.9 Å². The topological polar surface area (TPSA) is 65.4 Å². The zero-order valence-corrected chi connectivity index (χ0v) is 21.7. The van der Waals surface area contributed by atoms with Gasteiger partial charge in [0.05, 0.1) is 31.2 Å².